The summed E-state index contributed by atoms with van der Waals surface area (Å²) >= 11 is 1.55. The Kier molecular flexibility index (Phi) is 5.84. The zero-order valence-electron chi connectivity index (χ0n) is 16.8. The third-order valence-corrected chi connectivity index (χ3v) is 6.47. The monoisotopic (exact) mass is 445 g/mol. The maximum atomic E-state index is 12.8. The van der Waals surface area contributed by atoms with E-state index in [-0.39, 0.29) is 24.6 Å². The predicted molar refractivity (Wildman–Crippen MR) is 115 cm³/mol. The number of amides is 1. The van der Waals surface area contributed by atoms with Crippen LogP contribution >= 0.6 is 11.3 Å². The van der Waals surface area contributed by atoms with Gasteiger partial charge in [-0.15, -0.1) is 11.3 Å². The summed E-state index contributed by atoms with van der Waals surface area (Å²) in [5.74, 6) is 0.118. The highest BCUT2D eigenvalue weighted by atomic mass is 32.1. The van der Waals surface area contributed by atoms with E-state index in [1.54, 1.807) is 23.3 Å². The average molecular weight is 445 g/mol. The molecule has 2 aromatic heterocycles. The third-order valence-electron chi connectivity index (χ3n) is 5.35. The zero-order chi connectivity index (χ0) is 22.1. The minimum Gasteiger partial charge on any atom is -0.327 e. The quantitative estimate of drug-likeness (QED) is 0.632. The summed E-state index contributed by atoms with van der Waals surface area (Å²) in [4.78, 5) is 28.0. The second kappa shape index (κ2) is 8.56. The number of hydrogen-bond donors (Lipinski definition) is 1. The molecule has 1 aliphatic rings. The van der Waals surface area contributed by atoms with Gasteiger partial charge in [-0.1, -0.05) is 6.07 Å². The number of thiophene rings is 1. The second-order valence-electron chi connectivity index (χ2n) is 7.33. The summed E-state index contributed by atoms with van der Waals surface area (Å²) in [5, 5.41) is 3.92. The van der Waals surface area contributed by atoms with E-state index in [4.69, 9.17) is 5.73 Å². The molecule has 0 spiro atoms. The van der Waals surface area contributed by atoms with E-state index in [1.807, 2.05) is 24.3 Å². The fourth-order valence-corrected chi connectivity index (χ4v) is 4.57. The minimum atomic E-state index is -1.88. The summed E-state index contributed by atoms with van der Waals surface area (Å²) in [6.07, 6.45) is 0.686. The van der Waals surface area contributed by atoms with Crippen LogP contribution in [-0.2, 0) is 24.3 Å². The van der Waals surface area contributed by atoms with Crippen LogP contribution in [0.4, 0.5) is 14.5 Å². The molecule has 10 heteroatoms. The molecule has 3 heterocycles. The van der Waals surface area contributed by atoms with Gasteiger partial charge in [0.1, 0.15) is 6.33 Å². The van der Waals surface area contributed by atoms with Crippen LogP contribution in [0.15, 0.2) is 53.1 Å². The molecule has 0 unspecified atom stereocenters. The highest BCUT2D eigenvalue weighted by Crippen LogP contribution is 2.34. The van der Waals surface area contributed by atoms with Gasteiger partial charge in [-0.3, -0.25) is 9.36 Å². The highest BCUT2D eigenvalue weighted by molar-refractivity contribution is 7.15. The molecule has 31 heavy (non-hydrogen) atoms. The van der Waals surface area contributed by atoms with Gasteiger partial charge in [-0.25, -0.2) is 9.48 Å². The first-order valence-corrected chi connectivity index (χ1v) is 10.5. The number of nitrogens with two attached hydrogens (primary N) is 1. The number of benzene rings is 1. The lowest BCUT2D eigenvalue weighted by Gasteiger charge is -2.26. The lowest BCUT2D eigenvalue weighted by molar-refractivity contribution is -0.118. The Hall–Kier alpha value is -3.11. The molecule has 0 radical (unpaired) electrons. The predicted octanol–water partition coefficient (Wildman–Crippen LogP) is 2.84. The number of carbonyl (C=O) groups is 1. The Labute approximate surface area is 181 Å². The first kappa shape index (κ1) is 21.1. The molecule has 1 aliphatic heterocycles. The van der Waals surface area contributed by atoms with E-state index in [0.29, 0.717) is 13.0 Å². The van der Waals surface area contributed by atoms with Gasteiger partial charge in [-0.2, -0.15) is 13.9 Å². The molecule has 2 N–H and O–H groups in total. The smallest absolute Gasteiger partial charge is 0.327 e. The molecular weight excluding hydrogens is 424 g/mol. The fraction of sp³-hybridized carbons (Fsp3) is 0.286. The van der Waals surface area contributed by atoms with Crippen molar-refractivity contribution < 1.29 is 13.6 Å². The number of rotatable bonds is 6. The summed E-state index contributed by atoms with van der Waals surface area (Å²) in [6.45, 7) is -0.363. The molecule has 7 nitrogen and oxygen atoms in total. The van der Waals surface area contributed by atoms with E-state index in [0.717, 1.165) is 37.7 Å². The molecule has 3 aromatic rings. The summed E-state index contributed by atoms with van der Waals surface area (Å²) in [7, 11) is 1.79. The molecule has 0 saturated heterocycles. The van der Waals surface area contributed by atoms with Crippen LogP contribution in [0.3, 0.4) is 0 Å². The van der Waals surface area contributed by atoms with Gasteiger partial charge in [0.2, 0.25) is 5.91 Å². The van der Waals surface area contributed by atoms with E-state index >= 15 is 0 Å². The number of hydrogen-bond acceptors (Lipinski definition) is 5. The van der Waals surface area contributed by atoms with Crippen LogP contribution in [0.2, 0.25) is 0 Å². The van der Waals surface area contributed by atoms with Crippen molar-refractivity contribution in [1.29, 1.82) is 0 Å². The highest BCUT2D eigenvalue weighted by Gasteiger charge is 2.21. The Morgan fingerprint density at radius 1 is 1.19 bits per heavy atom. The van der Waals surface area contributed by atoms with Gasteiger partial charge >= 0.3 is 5.69 Å². The Morgan fingerprint density at radius 2 is 2.00 bits per heavy atom. The number of nitrogens with zero attached hydrogens (tertiary/aromatic N) is 4. The van der Waals surface area contributed by atoms with Crippen LogP contribution in [0.5, 0.6) is 0 Å². The van der Waals surface area contributed by atoms with Crippen LogP contribution in [-0.4, -0.2) is 33.8 Å². The number of carbonyl (C=O) groups excluding carboxylic acids is 1. The van der Waals surface area contributed by atoms with Crippen LogP contribution < -0.4 is 16.3 Å². The van der Waals surface area contributed by atoms with Gasteiger partial charge in [0.05, 0.1) is 13.1 Å². The van der Waals surface area contributed by atoms with Crippen molar-refractivity contribution >= 4 is 22.9 Å². The number of fused-ring (bicyclic) bond motifs is 1. The fourth-order valence-electron chi connectivity index (χ4n) is 3.57. The Balaban J connectivity index is 1.53. The molecule has 0 bridgehead atoms. The number of aryl methyl sites for hydroxylation is 1. The zero-order valence-corrected chi connectivity index (χ0v) is 17.7. The van der Waals surface area contributed by atoms with Crippen LogP contribution in [0.1, 0.15) is 16.9 Å². The van der Waals surface area contributed by atoms with Gasteiger partial charge in [0.15, 0.2) is 0 Å². The van der Waals surface area contributed by atoms with Crippen molar-refractivity contribution in [1.82, 2.24) is 14.3 Å². The average Bonchev–Trinajstić information content (AvgIpc) is 3.36. The number of aromatic nitrogens is 3. The minimum absolute atomic E-state index is 0.118. The van der Waals surface area contributed by atoms with Gasteiger partial charge < -0.3 is 10.6 Å². The Morgan fingerprint density at radius 3 is 2.74 bits per heavy atom. The van der Waals surface area contributed by atoms with Crippen LogP contribution in [0.25, 0.3) is 10.4 Å². The Bertz CT molecular complexity index is 1220. The van der Waals surface area contributed by atoms with Crippen molar-refractivity contribution in [2.45, 2.75) is 25.9 Å². The van der Waals surface area contributed by atoms with E-state index < -0.39 is 11.8 Å². The number of halogens is 2. The molecule has 4 rings (SSSR count). The van der Waals surface area contributed by atoms with Gasteiger partial charge in [0, 0.05) is 41.0 Å². The second-order valence-corrected chi connectivity index (χ2v) is 8.50. The lowest BCUT2D eigenvalue weighted by Crippen LogP contribution is -2.30. The number of anilines is 1. The summed E-state index contributed by atoms with van der Waals surface area (Å²) in [6, 6.07) is 9.97. The first-order chi connectivity index (χ1) is 14.9. The standard InChI is InChI=1S/C21H21F2N5O2S/c1-26-17-5-2-14(8-13(17)3-7-19(26)29)18-6-4-16(31-18)11-27-12-25-28(21(27)30)10-15(9-24)20(22)23/h2,4-6,8,12H,3,7,9-11,24H2,1H3. The normalized spacial score (nSPS) is 13.4. The van der Waals surface area contributed by atoms with Crippen molar-refractivity contribution in [2.24, 2.45) is 5.73 Å². The van der Waals surface area contributed by atoms with Crippen molar-refractivity contribution in [3.63, 3.8) is 0 Å². The maximum Gasteiger partial charge on any atom is 0.346 e. The molecule has 1 aromatic carbocycles. The molecule has 1 amide bonds. The largest absolute Gasteiger partial charge is 0.346 e. The van der Waals surface area contributed by atoms with Crippen molar-refractivity contribution in [3.8, 4) is 10.4 Å². The SMILES string of the molecule is CN1C(=O)CCc2cc(-c3ccc(Cn4cnn(CC(CN)=C(F)F)c4=O)s3)ccc21. The van der Waals surface area contributed by atoms with E-state index in [1.165, 1.54) is 10.9 Å². The molecule has 0 atom stereocenters. The molecule has 0 aliphatic carbocycles. The maximum absolute atomic E-state index is 12.8. The van der Waals surface area contributed by atoms with E-state index in [9.17, 15) is 18.4 Å². The van der Waals surface area contributed by atoms with Gasteiger partial charge in [-0.05, 0) is 41.8 Å². The van der Waals surface area contributed by atoms with E-state index in [2.05, 4.69) is 11.2 Å². The van der Waals surface area contributed by atoms with Crippen LogP contribution in [0, 0.1) is 0 Å². The van der Waals surface area contributed by atoms with Crippen molar-refractivity contribution in [3.05, 3.63) is 69.2 Å². The summed E-state index contributed by atoms with van der Waals surface area (Å²) < 4.78 is 28.0. The molecule has 0 fully saturated rings. The van der Waals surface area contributed by atoms with Gasteiger partial charge in [0.25, 0.3) is 6.08 Å². The lowest BCUT2D eigenvalue weighted by atomic mass is 9.99. The molecule has 0 saturated carbocycles. The molecular formula is C21H21F2N5O2S. The molecule has 162 valence electrons. The summed E-state index contributed by atoms with van der Waals surface area (Å²) in [5.41, 5.74) is 7.65. The third kappa shape index (κ3) is 4.21. The first-order valence-electron chi connectivity index (χ1n) is 9.71. The topological polar surface area (TPSA) is 86.2 Å². The van der Waals surface area contributed by atoms with Crippen molar-refractivity contribution in [2.75, 3.05) is 18.5 Å².